The lowest BCUT2D eigenvalue weighted by Gasteiger charge is -2.12. The van der Waals surface area contributed by atoms with Crippen molar-refractivity contribution in [3.8, 4) is 33.6 Å². The summed E-state index contributed by atoms with van der Waals surface area (Å²) >= 11 is 0. The zero-order valence-corrected chi connectivity index (χ0v) is 29.8. The summed E-state index contributed by atoms with van der Waals surface area (Å²) in [4.78, 5) is 0. The van der Waals surface area contributed by atoms with Gasteiger partial charge in [0.2, 0.25) is 0 Å². The van der Waals surface area contributed by atoms with Crippen LogP contribution in [0.4, 0.5) is 0 Å². The van der Waals surface area contributed by atoms with Gasteiger partial charge in [-0.25, -0.2) is 0 Å². The molecule has 0 N–H and O–H groups in total. The van der Waals surface area contributed by atoms with Crippen molar-refractivity contribution in [3.63, 3.8) is 0 Å². The molecule has 0 aliphatic heterocycles. The predicted molar refractivity (Wildman–Crippen MR) is 231 cm³/mol. The molecule has 12 rings (SSSR count). The van der Waals surface area contributed by atoms with E-state index >= 15 is 0 Å². The molecule has 0 fully saturated rings. The van der Waals surface area contributed by atoms with Gasteiger partial charge in [0, 0.05) is 38.0 Å². The van der Waals surface area contributed by atoms with E-state index < -0.39 is 0 Å². The number of para-hydroxylation sites is 2. The summed E-state index contributed by atoms with van der Waals surface area (Å²) in [7, 11) is 0. The Balaban J connectivity index is 1.08. The van der Waals surface area contributed by atoms with Crippen molar-refractivity contribution in [2.75, 3.05) is 0 Å². The number of fused-ring (bicyclic) bond motifs is 11. The van der Waals surface area contributed by atoms with E-state index in [0.29, 0.717) is 0 Å². The lowest BCUT2D eigenvalue weighted by atomic mass is 10.00. The second-order valence-electron chi connectivity index (χ2n) is 14.5. The number of rotatable bonds is 4. The first-order chi connectivity index (χ1) is 27.3. The van der Waals surface area contributed by atoms with Crippen molar-refractivity contribution in [2.45, 2.75) is 0 Å². The average Bonchev–Trinajstić information content (AvgIpc) is 3.91. The maximum Gasteiger partial charge on any atom is 0.145 e. The van der Waals surface area contributed by atoms with E-state index in [4.69, 9.17) is 4.42 Å². The first kappa shape index (κ1) is 30.1. The number of furan rings is 1. The Labute approximate surface area is 316 Å². The Kier molecular flexibility index (Phi) is 6.34. The average molecular weight is 701 g/mol. The van der Waals surface area contributed by atoms with Gasteiger partial charge >= 0.3 is 0 Å². The fraction of sp³-hybridized carbons (Fsp3) is 0. The molecular weight excluding hydrogens is 669 g/mol. The van der Waals surface area contributed by atoms with Crippen LogP contribution in [0.25, 0.3) is 110 Å². The molecule has 0 saturated heterocycles. The SMILES string of the molecule is c1ccc(-c2ccc(-n3c4ccccc4c4cc(-c5ccc6c(c5)c5c7oc8ccccc8c7ccc5n6-c5cccc6ccccc56)ccc43)cc2)cc1. The van der Waals surface area contributed by atoms with Crippen molar-refractivity contribution >= 4 is 76.3 Å². The van der Waals surface area contributed by atoms with Crippen LogP contribution < -0.4 is 0 Å². The third-order valence-electron chi connectivity index (χ3n) is 11.5. The van der Waals surface area contributed by atoms with Gasteiger partial charge in [-0.15, -0.1) is 0 Å². The van der Waals surface area contributed by atoms with Crippen LogP contribution in [-0.2, 0) is 0 Å². The second-order valence-corrected chi connectivity index (χ2v) is 14.5. The van der Waals surface area contributed by atoms with Gasteiger partial charge in [0.05, 0.1) is 33.1 Å². The molecule has 55 heavy (non-hydrogen) atoms. The topological polar surface area (TPSA) is 23.0 Å². The third-order valence-corrected chi connectivity index (χ3v) is 11.5. The van der Waals surface area contributed by atoms with Crippen molar-refractivity contribution in [1.29, 1.82) is 0 Å². The minimum atomic E-state index is 0.906. The number of hydrogen-bond acceptors (Lipinski definition) is 1. The van der Waals surface area contributed by atoms with Gasteiger partial charge in [-0.05, 0) is 94.4 Å². The van der Waals surface area contributed by atoms with Crippen LogP contribution in [0.2, 0.25) is 0 Å². The zero-order valence-electron chi connectivity index (χ0n) is 29.8. The predicted octanol–water partition coefficient (Wildman–Crippen LogP) is 14.3. The van der Waals surface area contributed by atoms with Gasteiger partial charge < -0.3 is 13.6 Å². The quantitative estimate of drug-likeness (QED) is 0.179. The van der Waals surface area contributed by atoms with Crippen molar-refractivity contribution in [3.05, 3.63) is 194 Å². The summed E-state index contributed by atoms with van der Waals surface area (Å²) in [5.41, 5.74) is 13.6. The van der Waals surface area contributed by atoms with Gasteiger partial charge in [0.15, 0.2) is 0 Å². The molecule has 0 amide bonds. The standard InChI is InChI=1S/C52H32N2O/c1-2-11-33(12-3-1)34-21-25-38(26-22-34)53-46-18-8-6-16-40(46)43-31-36(23-28-47(43)53)37-24-29-48-44(32-37)51-49(30-27-42-41-17-7-9-20-50(41)55-52(42)51)54(48)45-19-10-14-35-13-4-5-15-39(35)45/h1-32H. The first-order valence-corrected chi connectivity index (χ1v) is 18.8. The molecule has 12 aromatic rings. The van der Waals surface area contributed by atoms with Crippen molar-refractivity contribution in [2.24, 2.45) is 0 Å². The molecule has 9 aromatic carbocycles. The maximum absolute atomic E-state index is 6.72. The maximum atomic E-state index is 6.72. The fourth-order valence-electron chi connectivity index (χ4n) is 8.99. The summed E-state index contributed by atoms with van der Waals surface area (Å²) in [6.07, 6.45) is 0. The van der Waals surface area contributed by atoms with E-state index in [1.807, 2.05) is 6.07 Å². The largest absolute Gasteiger partial charge is 0.455 e. The van der Waals surface area contributed by atoms with Gasteiger partial charge in [0.1, 0.15) is 11.2 Å². The highest BCUT2D eigenvalue weighted by Crippen LogP contribution is 2.43. The van der Waals surface area contributed by atoms with Crippen LogP contribution in [0.1, 0.15) is 0 Å². The normalized spacial score (nSPS) is 12.0. The molecule has 3 heteroatoms. The van der Waals surface area contributed by atoms with Gasteiger partial charge in [0.25, 0.3) is 0 Å². The Morgan fingerprint density at radius 2 is 0.927 bits per heavy atom. The lowest BCUT2D eigenvalue weighted by Crippen LogP contribution is -1.95. The Hall–Kier alpha value is -7.36. The molecule has 3 aromatic heterocycles. The summed E-state index contributed by atoms with van der Waals surface area (Å²) in [5.74, 6) is 0. The Morgan fingerprint density at radius 3 is 1.76 bits per heavy atom. The van der Waals surface area contributed by atoms with E-state index in [1.165, 1.54) is 60.2 Å². The molecule has 0 aliphatic rings. The summed E-state index contributed by atoms with van der Waals surface area (Å²) < 4.78 is 11.5. The van der Waals surface area contributed by atoms with E-state index in [9.17, 15) is 0 Å². The molecule has 3 heterocycles. The molecule has 0 atom stereocenters. The van der Waals surface area contributed by atoms with Crippen LogP contribution in [0, 0.1) is 0 Å². The monoisotopic (exact) mass is 700 g/mol. The number of benzene rings is 9. The van der Waals surface area contributed by atoms with Crippen molar-refractivity contribution < 1.29 is 4.42 Å². The van der Waals surface area contributed by atoms with Crippen LogP contribution in [0.15, 0.2) is 199 Å². The minimum Gasteiger partial charge on any atom is -0.455 e. The van der Waals surface area contributed by atoms with Crippen LogP contribution in [0.5, 0.6) is 0 Å². The molecule has 0 radical (unpaired) electrons. The summed E-state index contributed by atoms with van der Waals surface area (Å²) in [6.45, 7) is 0. The summed E-state index contributed by atoms with van der Waals surface area (Å²) in [5, 5.41) is 9.49. The van der Waals surface area contributed by atoms with Crippen LogP contribution in [0.3, 0.4) is 0 Å². The van der Waals surface area contributed by atoms with Crippen molar-refractivity contribution in [1.82, 2.24) is 9.13 Å². The molecule has 0 aliphatic carbocycles. The Bertz CT molecular complexity index is 3470. The molecule has 0 saturated carbocycles. The van der Waals surface area contributed by atoms with E-state index in [0.717, 1.165) is 49.7 Å². The van der Waals surface area contributed by atoms with Gasteiger partial charge in [-0.3, -0.25) is 0 Å². The molecule has 0 bridgehead atoms. The number of nitrogens with zero attached hydrogens (tertiary/aromatic N) is 2. The van der Waals surface area contributed by atoms with E-state index in [2.05, 4.69) is 197 Å². The smallest absolute Gasteiger partial charge is 0.145 e. The molecule has 0 unspecified atom stereocenters. The molecular formula is C52H32N2O. The summed E-state index contributed by atoms with van der Waals surface area (Å²) in [6, 6.07) is 70.2. The molecule has 0 spiro atoms. The highest BCUT2D eigenvalue weighted by atomic mass is 16.3. The lowest BCUT2D eigenvalue weighted by molar-refractivity contribution is 0.673. The van der Waals surface area contributed by atoms with Gasteiger partial charge in [-0.1, -0.05) is 127 Å². The number of hydrogen-bond donors (Lipinski definition) is 0. The highest BCUT2D eigenvalue weighted by molar-refractivity contribution is 6.24. The highest BCUT2D eigenvalue weighted by Gasteiger charge is 2.21. The Morgan fingerprint density at radius 1 is 0.327 bits per heavy atom. The van der Waals surface area contributed by atoms with Crippen LogP contribution >= 0.6 is 0 Å². The first-order valence-electron chi connectivity index (χ1n) is 18.8. The zero-order chi connectivity index (χ0) is 36.0. The van der Waals surface area contributed by atoms with E-state index in [-0.39, 0.29) is 0 Å². The minimum absolute atomic E-state index is 0.906. The van der Waals surface area contributed by atoms with Crippen LogP contribution in [-0.4, -0.2) is 9.13 Å². The van der Waals surface area contributed by atoms with E-state index in [1.54, 1.807) is 0 Å². The second kappa shape index (κ2) is 11.6. The fourth-order valence-corrected chi connectivity index (χ4v) is 8.99. The number of aromatic nitrogens is 2. The molecule has 256 valence electrons. The van der Waals surface area contributed by atoms with Gasteiger partial charge in [-0.2, -0.15) is 0 Å². The molecule has 3 nitrogen and oxygen atoms in total. The third kappa shape index (κ3) is 4.44.